The van der Waals surface area contributed by atoms with Gasteiger partial charge in [-0.1, -0.05) is 60.7 Å². The van der Waals surface area contributed by atoms with Crippen LogP contribution in [0.3, 0.4) is 0 Å². The maximum absolute atomic E-state index is 12.9. The van der Waals surface area contributed by atoms with Gasteiger partial charge < -0.3 is 0 Å². The molecule has 3 aromatic rings. The second kappa shape index (κ2) is 8.64. The topological polar surface area (TPSA) is 93.2 Å². The predicted molar refractivity (Wildman–Crippen MR) is 102 cm³/mol. The van der Waals surface area contributed by atoms with Gasteiger partial charge in [-0.2, -0.15) is 0 Å². The van der Waals surface area contributed by atoms with Crippen molar-refractivity contribution in [2.24, 2.45) is 5.92 Å². The van der Waals surface area contributed by atoms with Crippen molar-refractivity contribution in [2.75, 3.05) is 0 Å². The van der Waals surface area contributed by atoms with Crippen molar-refractivity contribution in [3.8, 4) is 0 Å². The number of hydrogen-bond donors (Lipinski definition) is 1. The van der Waals surface area contributed by atoms with Gasteiger partial charge in [-0.15, -0.1) is 0 Å². The van der Waals surface area contributed by atoms with E-state index in [0.29, 0.717) is 0 Å². The second-order valence-electron chi connectivity index (χ2n) is 5.95. The van der Waals surface area contributed by atoms with E-state index >= 15 is 0 Å². The van der Waals surface area contributed by atoms with Crippen LogP contribution < -0.4 is 5.32 Å². The number of ketones is 2. The molecule has 1 aromatic heterocycles. The fourth-order valence-electron chi connectivity index (χ4n) is 2.65. The monoisotopic (exact) mass is 372 g/mol. The summed E-state index contributed by atoms with van der Waals surface area (Å²) in [6.07, 6.45) is 2.77. The zero-order valence-electron chi connectivity index (χ0n) is 14.7. The van der Waals surface area contributed by atoms with Gasteiger partial charge in [-0.05, 0) is 12.1 Å². The third kappa shape index (κ3) is 4.24. The lowest BCUT2D eigenvalue weighted by Crippen LogP contribution is -2.43. The molecule has 0 spiro atoms. The number of carbonyl (C=O) groups excluding carboxylic acids is 4. The quantitative estimate of drug-likeness (QED) is 0.530. The Kier molecular flexibility index (Phi) is 5.81. The first-order valence-corrected chi connectivity index (χ1v) is 8.51. The molecule has 28 heavy (non-hydrogen) atoms. The summed E-state index contributed by atoms with van der Waals surface area (Å²) in [6.45, 7) is 0. The Bertz CT molecular complexity index is 951. The fourth-order valence-corrected chi connectivity index (χ4v) is 2.65. The van der Waals surface area contributed by atoms with E-state index in [2.05, 4.69) is 10.3 Å². The number of nitrogens with zero attached hydrogens (tertiary/aromatic N) is 1. The second-order valence-corrected chi connectivity index (χ2v) is 5.95. The van der Waals surface area contributed by atoms with Gasteiger partial charge in [0.05, 0.1) is 5.56 Å². The Hall–Kier alpha value is -3.93. The van der Waals surface area contributed by atoms with Crippen molar-refractivity contribution >= 4 is 23.4 Å². The first kappa shape index (κ1) is 18.8. The zero-order chi connectivity index (χ0) is 19.9. The van der Waals surface area contributed by atoms with Crippen LogP contribution in [0.25, 0.3) is 0 Å². The van der Waals surface area contributed by atoms with Crippen LogP contribution in [-0.2, 0) is 4.79 Å². The molecule has 0 atom stereocenters. The van der Waals surface area contributed by atoms with Crippen molar-refractivity contribution in [2.45, 2.75) is 0 Å². The van der Waals surface area contributed by atoms with Gasteiger partial charge >= 0.3 is 0 Å². The van der Waals surface area contributed by atoms with E-state index in [1.807, 2.05) is 0 Å². The van der Waals surface area contributed by atoms with Crippen LogP contribution in [0.2, 0.25) is 0 Å². The number of pyridine rings is 1. The third-order valence-electron chi connectivity index (χ3n) is 4.06. The largest absolute Gasteiger partial charge is 0.293 e. The molecule has 1 N–H and O–H groups in total. The number of imide groups is 1. The number of benzene rings is 2. The molecule has 0 bridgehead atoms. The van der Waals surface area contributed by atoms with E-state index in [4.69, 9.17) is 0 Å². The standard InChI is InChI=1S/C22H16N2O4/c25-19(15-8-3-1-4-9-15)18(20(26)16-10-5-2-6-11-16)22(28)24-21(27)17-12-7-13-23-14-17/h1-14,18H,(H,24,27,28). The number of Topliss-reactive ketones (excluding diaryl/α,β-unsaturated/α-hetero) is 2. The average Bonchev–Trinajstić information content (AvgIpc) is 2.75. The molecular formula is C22H16N2O4. The minimum Gasteiger partial charge on any atom is -0.293 e. The molecule has 0 radical (unpaired) electrons. The lowest BCUT2D eigenvalue weighted by molar-refractivity contribution is -0.121. The van der Waals surface area contributed by atoms with E-state index in [1.54, 1.807) is 42.5 Å². The van der Waals surface area contributed by atoms with Gasteiger partial charge in [-0.25, -0.2) is 0 Å². The number of carbonyl (C=O) groups is 4. The molecule has 0 fully saturated rings. The molecule has 0 aliphatic carbocycles. The van der Waals surface area contributed by atoms with E-state index in [1.165, 1.54) is 42.7 Å². The molecule has 6 nitrogen and oxygen atoms in total. The van der Waals surface area contributed by atoms with Crippen molar-refractivity contribution in [3.63, 3.8) is 0 Å². The highest BCUT2D eigenvalue weighted by Gasteiger charge is 2.36. The normalized spacial score (nSPS) is 10.3. The summed E-state index contributed by atoms with van der Waals surface area (Å²) < 4.78 is 0. The van der Waals surface area contributed by atoms with Crippen molar-refractivity contribution in [3.05, 3.63) is 102 Å². The molecule has 0 aliphatic heterocycles. The highest BCUT2D eigenvalue weighted by atomic mass is 16.2. The number of aromatic nitrogens is 1. The molecule has 0 saturated heterocycles. The Morgan fingerprint density at radius 3 is 1.64 bits per heavy atom. The summed E-state index contributed by atoms with van der Waals surface area (Å²) in [7, 11) is 0. The van der Waals surface area contributed by atoms with Gasteiger partial charge in [0.1, 0.15) is 0 Å². The molecule has 0 aliphatic rings. The van der Waals surface area contributed by atoms with Crippen molar-refractivity contribution in [1.82, 2.24) is 10.3 Å². The lowest BCUT2D eigenvalue weighted by atomic mass is 9.89. The van der Waals surface area contributed by atoms with Gasteiger partial charge in [0.25, 0.3) is 5.91 Å². The summed E-state index contributed by atoms with van der Waals surface area (Å²) in [5, 5.41) is 2.14. The molecule has 0 saturated carbocycles. The number of amides is 2. The number of rotatable bonds is 6. The van der Waals surface area contributed by atoms with Crippen LogP contribution >= 0.6 is 0 Å². The molecule has 1 heterocycles. The Morgan fingerprint density at radius 1 is 0.679 bits per heavy atom. The van der Waals surface area contributed by atoms with Crippen LogP contribution in [0.4, 0.5) is 0 Å². The van der Waals surface area contributed by atoms with Gasteiger partial charge in [0.2, 0.25) is 5.91 Å². The Balaban J connectivity index is 1.91. The zero-order valence-corrected chi connectivity index (χ0v) is 14.7. The van der Waals surface area contributed by atoms with E-state index in [-0.39, 0.29) is 16.7 Å². The molecule has 0 unspecified atom stereocenters. The van der Waals surface area contributed by atoms with Crippen LogP contribution in [0, 0.1) is 5.92 Å². The predicted octanol–water partition coefficient (Wildman–Crippen LogP) is 2.72. The molecule has 3 rings (SSSR count). The molecular weight excluding hydrogens is 356 g/mol. The summed E-state index contributed by atoms with van der Waals surface area (Å²) in [6, 6.07) is 19.1. The minimum absolute atomic E-state index is 0.147. The van der Waals surface area contributed by atoms with Gasteiger partial charge in [-0.3, -0.25) is 29.5 Å². The molecule has 138 valence electrons. The van der Waals surface area contributed by atoms with E-state index in [0.717, 1.165) is 0 Å². The SMILES string of the molecule is O=C(NC(=O)C(C(=O)c1ccccc1)C(=O)c1ccccc1)c1cccnc1. The van der Waals surface area contributed by atoms with Crippen LogP contribution in [0.15, 0.2) is 85.2 Å². The van der Waals surface area contributed by atoms with E-state index in [9.17, 15) is 19.2 Å². The van der Waals surface area contributed by atoms with Gasteiger partial charge in [0.15, 0.2) is 17.5 Å². The Labute approximate surface area is 161 Å². The highest BCUT2D eigenvalue weighted by molar-refractivity contribution is 6.29. The Morgan fingerprint density at radius 2 is 1.18 bits per heavy atom. The fraction of sp³-hybridized carbons (Fsp3) is 0.0455. The summed E-state index contributed by atoms with van der Waals surface area (Å²) in [4.78, 5) is 54.7. The molecule has 2 aromatic carbocycles. The van der Waals surface area contributed by atoms with Crippen molar-refractivity contribution < 1.29 is 19.2 Å². The van der Waals surface area contributed by atoms with Crippen LogP contribution in [-0.4, -0.2) is 28.4 Å². The summed E-state index contributed by atoms with van der Waals surface area (Å²) in [5.74, 6) is -4.73. The lowest BCUT2D eigenvalue weighted by Gasteiger charge is -2.15. The smallest absolute Gasteiger partial charge is 0.259 e. The highest BCUT2D eigenvalue weighted by Crippen LogP contribution is 2.16. The van der Waals surface area contributed by atoms with E-state index < -0.39 is 29.3 Å². The molecule has 2 amide bonds. The maximum atomic E-state index is 12.9. The average molecular weight is 372 g/mol. The van der Waals surface area contributed by atoms with Gasteiger partial charge in [0, 0.05) is 23.5 Å². The molecule has 6 heteroatoms. The number of hydrogen-bond acceptors (Lipinski definition) is 5. The first-order valence-electron chi connectivity index (χ1n) is 8.51. The summed E-state index contributed by atoms with van der Waals surface area (Å²) >= 11 is 0. The van der Waals surface area contributed by atoms with Crippen LogP contribution in [0.5, 0.6) is 0 Å². The third-order valence-corrected chi connectivity index (χ3v) is 4.06. The van der Waals surface area contributed by atoms with Crippen molar-refractivity contribution in [1.29, 1.82) is 0 Å². The van der Waals surface area contributed by atoms with Crippen LogP contribution in [0.1, 0.15) is 31.1 Å². The number of nitrogens with one attached hydrogen (secondary N) is 1. The minimum atomic E-state index is -1.68. The first-order chi connectivity index (χ1) is 13.6. The summed E-state index contributed by atoms with van der Waals surface area (Å²) in [5.41, 5.74) is 0.565. The maximum Gasteiger partial charge on any atom is 0.259 e.